The van der Waals surface area contributed by atoms with Gasteiger partial charge >= 0.3 is 0 Å². The summed E-state index contributed by atoms with van der Waals surface area (Å²) in [6.07, 6.45) is 5.05. The molecule has 0 radical (unpaired) electrons. The SMILES string of the molecule is CCCCO[PH](=O)CCCC.[Nd]. The van der Waals surface area contributed by atoms with Crippen LogP contribution in [-0.4, -0.2) is 12.8 Å². The fourth-order valence-corrected chi connectivity index (χ4v) is 1.88. The van der Waals surface area contributed by atoms with E-state index in [1.165, 1.54) is 0 Å². The van der Waals surface area contributed by atoms with Gasteiger partial charge in [-0.25, -0.2) is 0 Å². The molecule has 0 bridgehead atoms. The molecule has 0 aromatic heterocycles. The van der Waals surface area contributed by atoms with Crippen molar-refractivity contribution < 1.29 is 49.9 Å². The average Bonchev–Trinajstić information content (AvgIpc) is 2.01. The van der Waals surface area contributed by atoms with E-state index in [-0.39, 0.29) is 40.8 Å². The van der Waals surface area contributed by atoms with Crippen molar-refractivity contribution in [2.45, 2.75) is 39.5 Å². The van der Waals surface area contributed by atoms with E-state index in [2.05, 4.69) is 13.8 Å². The second-order valence-corrected chi connectivity index (χ2v) is 4.21. The summed E-state index contributed by atoms with van der Waals surface area (Å²) in [5.41, 5.74) is 0. The number of hydrogen-bond donors (Lipinski definition) is 0. The van der Waals surface area contributed by atoms with E-state index in [4.69, 9.17) is 4.52 Å². The summed E-state index contributed by atoms with van der Waals surface area (Å²) in [6.45, 7) is 4.88. The first-order valence-electron chi connectivity index (χ1n) is 4.46. The van der Waals surface area contributed by atoms with E-state index in [0.717, 1.165) is 31.8 Å². The first-order chi connectivity index (χ1) is 5.31. The van der Waals surface area contributed by atoms with Gasteiger partial charge in [0.1, 0.15) is 0 Å². The summed E-state index contributed by atoms with van der Waals surface area (Å²) in [5, 5.41) is 0. The van der Waals surface area contributed by atoms with Gasteiger partial charge in [0.25, 0.3) is 0 Å². The zero-order valence-corrected chi connectivity index (χ0v) is 12.3. The van der Waals surface area contributed by atoms with Crippen molar-refractivity contribution >= 4 is 8.03 Å². The van der Waals surface area contributed by atoms with Gasteiger partial charge < -0.3 is 4.52 Å². The maximum atomic E-state index is 11.0. The Balaban J connectivity index is 0. The van der Waals surface area contributed by atoms with E-state index in [1.807, 2.05) is 0 Å². The largest absolute Gasteiger partial charge is 0.330 e. The maximum Gasteiger partial charge on any atom is 0.191 e. The van der Waals surface area contributed by atoms with Crippen LogP contribution in [0.15, 0.2) is 0 Å². The Hall–Kier alpha value is 1.54. The Morgan fingerprint density at radius 3 is 2.25 bits per heavy atom. The minimum absolute atomic E-state index is 0. The Kier molecular flexibility index (Phi) is 16.7. The van der Waals surface area contributed by atoms with Crippen LogP contribution in [0, 0.1) is 40.8 Å². The second kappa shape index (κ2) is 12.5. The molecule has 0 aliphatic heterocycles. The van der Waals surface area contributed by atoms with Gasteiger partial charge in [0, 0.05) is 47.0 Å². The maximum absolute atomic E-state index is 11.0. The van der Waals surface area contributed by atoms with Crippen LogP contribution in [0.3, 0.4) is 0 Å². The molecule has 0 amide bonds. The molecule has 0 saturated carbocycles. The third-order valence-electron chi connectivity index (χ3n) is 1.50. The quantitative estimate of drug-likeness (QED) is 0.532. The van der Waals surface area contributed by atoms with Crippen molar-refractivity contribution in [1.82, 2.24) is 0 Å². The summed E-state index contributed by atoms with van der Waals surface area (Å²) in [7, 11) is -1.67. The van der Waals surface area contributed by atoms with E-state index < -0.39 is 8.03 Å². The molecule has 4 heteroatoms. The number of rotatable bonds is 7. The van der Waals surface area contributed by atoms with Crippen LogP contribution in [-0.2, 0) is 9.09 Å². The molecule has 0 heterocycles. The summed E-state index contributed by atoms with van der Waals surface area (Å²) in [6, 6.07) is 0. The summed E-state index contributed by atoms with van der Waals surface area (Å²) < 4.78 is 16.2. The summed E-state index contributed by atoms with van der Waals surface area (Å²) in [4.78, 5) is 0. The Bertz CT molecular complexity index is 109. The molecule has 0 aromatic carbocycles. The minimum Gasteiger partial charge on any atom is -0.330 e. The molecule has 0 aromatic rings. The van der Waals surface area contributed by atoms with Crippen LogP contribution >= 0.6 is 8.03 Å². The van der Waals surface area contributed by atoms with Gasteiger partial charge in [-0.2, -0.15) is 0 Å². The molecule has 0 N–H and O–H groups in total. The van der Waals surface area contributed by atoms with Gasteiger partial charge in [-0.1, -0.05) is 26.7 Å². The van der Waals surface area contributed by atoms with Crippen LogP contribution in [0.2, 0.25) is 0 Å². The first kappa shape index (κ1) is 16.0. The predicted octanol–water partition coefficient (Wildman–Crippen LogP) is 3.08. The van der Waals surface area contributed by atoms with Crippen LogP contribution in [0.5, 0.6) is 0 Å². The standard InChI is InChI=1S/C8H19O2P.Nd/c1-3-5-7-10-11(9)8-6-4-2;/h11H,3-8H2,1-2H3;. The monoisotopic (exact) mass is 320 g/mol. The van der Waals surface area contributed by atoms with Gasteiger partial charge in [0.2, 0.25) is 0 Å². The van der Waals surface area contributed by atoms with Gasteiger partial charge in [-0.05, 0) is 12.8 Å². The fraction of sp³-hybridized carbons (Fsp3) is 1.00. The Morgan fingerprint density at radius 2 is 1.75 bits per heavy atom. The van der Waals surface area contributed by atoms with Gasteiger partial charge in [-0.3, -0.25) is 4.57 Å². The smallest absolute Gasteiger partial charge is 0.191 e. The Labute approximate surface area is 109 Å². The molecule has 0 aliphatic rings. The number of unbranched alkanes of at least 4 members (excludes halogenated alkanes) is 2. The zero-order valence-electron chi connectivity index (χ0n) is 8.06. The van der Waals surface area contributed by atoms with Crippen molar-refractivity contribution in [3.05, 3.63) is 0 Å². The summed E-state index contributed by atoms with van der Waals surface area (Å²) in [5.74, 6) is 0. The summed E-state index contributed by atoms with van der Waals surface area (Å²) >= 11 is 0. The topological polar surface area (TPSA) is 26.3 Å². The van der Waals surface area contributed by atoms with Crippen molar-refractivity contribution in [2.75, 3.05) is 12.8 Å². The van der Waals surface area contributed by atoms with Crippen LogP contribution < -0.4 is 0 Å². The average molecular weight is 322 g/mol. The fourth-order valence-electron chi connectivity index (χ4n) is 0.724. The van der Waals surface area contributed by atoms with Crippen molar-refractivity contribution in [2.24, 2.45) is 0 Å². The first-order valence-corrected chi connectivity index (χ1v) is 5.99. The molecule has 0 aliphatic carbocycles. The minimum atomic E-state index is -1.67. The molecule has 12 heavy (non-hydrogen) atoms. The molecule has 0 saturated heterocycles. The van der Waals surface area contributed by atoms with Gasteiger partial charge in [-0.15, -0.1) is 0 Å². The molecule has 2 nitrogen and oxygen atoms in total. The molecule has 0 fully saturated rings. The predicted molar refractivity (Wildman–Crippen MR) is 49.6 cm³/mol. The van der Waals surface area contributed by atoms with Crippen LogP contribution in [0.1, 0.15) is 39.5 Å². The Morgan fingerprint density at radius 1 is 1.17 bits per heavy atom. The zero-order chi connectivity index (χ0) is 8.53. The third-order valence-corrected chi connectivity index (χ3v) is 2.78. The van der Waals surface area contributed by atoms with E-state index in [0.29, 0.717) is 6.61 Å². The van der Waals surface area contributed by atoms with Crippen molar-refractivity contribution in [1.29, 1.82) is 0 Å². The molecule has 72 valence electrons. The molecular formula is C8H19NdO2P. The van der Waals surface area contributed by atoms with E-state index >= 15 is 0 Å². The molecule has 0 rings (SSSR count). The molecule has 1 unspecified atom stereocenters. The van der Waals surface area contributed by atoms with Crippen LogP contribution in [0.25, 0.3) is 0 Å². The number of hydrogen-bond acceptors (Lipinski definition) is 2. The van der Waals surface area contributed by atoms with Crippen LogP contribution in [0.4, 0.5) is 0 Å². The van der Waals surface area contributed by atoms with Crippen molar-refractivity contribution in [3.63, 3.8) is 0 Å². The van der Waals surface area contributed by atoms with E-state index in [1.54, 1.807) is 0 Å². The molecule has 0 spiro atoms. The van der Waals surface area contributed by atoms with Gasteiger partial charge in [0.05, 0.1) is 6.61 Å². The molecular weight excluding hydrogens is 303 g/mol. The third kappa shape index (κ3) is 11.5. The van der Waals surface area contributed by atoms with Crippen molar-refractivity contribution in [3.8, 4) is 0 Å². The van der Waals surface area contributed by atoms with Gasteiger partial charge in [0.15, 0.2) is 8.03 Å². The van der Waals surface area contributed by atoms with E-state index in [9.17, 15) is 4.57 Å². The normalized spacial score (nSPS) is 12.2. The second-order valence-electron chi connectivity index (χ2n) is 2.68. The molecule has 1 atom stereocenters.